The molecule has 0 unspecified atom stereocenters. The smallest absolute Gasteiger partial charge is 0.0970 e. The van der Waals surface area contributed by atoms with E-state index in [4.69, 9.17) is 0 Å². The van der Waals surface area contributed by atoms with E-state index in [1.807, 2.05) is 31.5 Å². The maximum absolute atomic E-state index is 4.67. The summed E-state index contributed by atoms with van der Waals surface area (Å²) in [4.78, 5) is 9.34. The molecule has 0 saturated carbocycles. The summed E-state index contributed by atoms with van der Waals surface area (Å²) >= 11 is 0. The minimum absolute atomic E-state index is 0.946. The molecule has 2 heterocycles. The first-order chi connectivity index (χ1) is 15.3. The fraction of sp³-hybridized carbons (Fsp3) is 0.0345. The molecule has 0 saturated heterocycles. The molecule has 152 valence electrons. The quantitative estimate of drug-likeness (QED) is 0.220. The molecule has 31 heavy (non-hydrogen) atoms. The van der Waals surface area contributed by atoms with E-state index in [0.29, 0.717) is 0 Å². The van der Waals surface area contributed by atoms with Crippen molar-refractivity contribution in [1.29, 1.82) is 0 Å². The molecule has 0 aliphatic rings. The summed E-state index contributed by atoms with van der Waals surface area (Å²) in [7, 11) is 0. The van der Waals surface area contributed by atoms with E-state index in [1.54, 1.807) is 6.08 Å². The summed E-state index contributed by atoms with van der Waals surface area (Å²) in [6.07, 6.45) is 5.50. The average molecular weight is 403 g/mol. The maximum atomic E-state index is 4.67. The molecular weight excluding hydrogens is 376 g/mol. The number of benzene rings is 3. The predicted octanol–water partition coefficient (Wildman–Crippen LogP) is 8.11. The van der Waals surface area contributed by atoms with Crippen LogP contribution in [-0.4, -0.2) is 9.97 Å². The lowest BCUT2D eigenvalue weighted by Crippen LogP contribution is -1.90. The molecular formula is C29H26N2. The van der Waals surface area contributed by atoms with Gasteiger partial charge in [0.25, 0.3) is 0 Å². The number of allylic oxidation sites excluding steroid dienone is 1. The van der Waals surface area contributed by atoms with Gasteiger partial charge in [0.05, 0.1) is 11.0 Å². The van der Waals surface area contributed by atoms with Gasteiger partial charge in [-0.2, -0.15) is 0 Å². The second kappa shape index (κ2) is 10.7. The molecule has 2 aromatic heterocycles. The molecule has 2 nitrogen and oxygen atoms in total. The Kier molecular flexibility index (Phi) is 7.45. The summed E-state index contributed by atoms with van der Waals surface area (Å²) in [6.45, 7) is 11.2. The number of hydrogen-bond acceptors (Lipinski definition) is 2. The van der Waals surface area contributed by atoms with E-state index >= 15 is 0 Å². The predicted molar refractivity (Wildman–Crippen MR) is 135 cm³/mol. The Morgan fingerprint density at radius 1 is 0.581 bits per heavy atom. The topological polar surface area (TPSA) is 25.8 Å². The molecule has 0 bridgehead atoms. The van der Waals surface area contributed by atoms with Gasteiger partial charge >= 0.3 is 0 Å². The Bertz CT molecular complexity index is 1180. The van der Waals surface area contributed by atoms with Crippen molar-refractivity contribution in [1.82, 2.24) is 9.97 Å². The van der Waals surface area contributed by atoms with Crippen LogP contribution in [0.25, 0.3) is 44.1 Å². The highest BCUT2D eigenvalue weighted by atomic mass is 14.7. The van der Waals surface area contributed by atoms with Crippen LogP contribution in [-0.2, 0) is 0 Å². The fourth-order valence-corrected chi connectivity index (χ4v) is 3.57. The maximum Gasteiger partial charge on any atom is 0.0970 e. The van der Waals surface area contributed by atoms with Crippen molar-refractivity contribution in [2.24, 2.45) is 0 Å². The van der Waals surface area contributed by atoms with Crippen molar-refractivity contribution in [2.45, 2.75) is 6.92 Å². The van der Waals surface area contributed by atoms with Gasteiger partial charge in [-0.25, -0.2) is 0 Å². The number of nitrogens with zero attached hydrogens (tertiary/aromatic N) is 2. The molecule has 0 atom stereocenters. The third kappa shape index (κ3) is 4.59. The lowest BCUT2D eigenvalue weighted by atomic mass is 9.97. The molecule has 0 radical (unpaired) electrons. The minimum Gasteiger partial charge on any atom is -0.254 e. The van der Waals surface area contributed by atoms with Crippen molar-refractivity contribution < 1.29 is 0 Å². The van der Waals surface area contributed by atoms with E-state index in [9.17, 15) is 0 Å². The number of hydrogen-bond donors (Lipinski definition) is 0. The molecule has 5 rings (SSSR count). The zero-order chi connectivity index (χ0) is 22.1. The van der Waals surface area contributed by atoms with Crippen molar-refractivity contribution in [2.75, 3.05) is 0 Å². The summed E-state index contributed by atoms with van der Waals surface area (Å²) in [5.74, 6) is 0. The van der Waals surface area contributed by atoms with Crippen molar-refractivity contribution in [3.63, 3.8) is 0 Å². The first kappa shape index (κ1) is 21.7. The lowest BCUT2D eigenvalue weighted by Gasteiger charge is -2.11. The third-order valence-corrected chi connectivity index (χ3v) is 4.79. The second-order valence-corrected chi connectivity index (χ2v) is 6.72. The van der Waals surface area contributed by atoms with Crippen LogP contribution in [0.15, 0.2) is 123 Å². The minimum atomic E-state index is 0.946. The highest BCUT2D eigenvalue weighted by molar-refractivity contribution is 6.11. The van der Waals surface area contributed by atoms with Crippen LogP contribution in [0.4, 0.5) is 0 Å². The largest absolute Gasteiger partial charge is 0.254 e. The highest BCUT2D eigenvalue weighted by Crippen LogP contribution is 2.34. The highest BCUT2D eigenvalue weighted by Gasteiger charge is 2.11. The lowest BCUT2D eigenvalue weighted by molar-refractivity contribution is 1.37. The SMILES string of the molecule is C=C.C=CC.c1ccc(-c2ccnc3c2ccc2c(-c4ccccc4)ccnc23)cc1. The van der Waals surface area contributed by atoms with Crippen molar-refractivity contribution in [3.8, 4) is 22.3 Å². The number of rotatable bonds is 2. The Morgan fingerprint density at radius 3 is 1.29 bits per heavy atom. The van der Waals surface area contributed by atoms with Gasteiger partial charge in [-0.1, -0.05) is 78.9 Å². The zero-order valence-electron chi connectivity index (χ0n) is 17.8. The first-order valence-electron chi connectivity index (χ1n) is 10.2. The fourth-order valence-electron chi connectivity index (χ4n) is 3.57. The molecule has 3 aromatic carbocycles. The van der Waals surface area contributed by atoms with E-state index in [-0.39, 0.29) is 0 Å². The van der Waals surface area contributed by atoms with Gasteiger partial charge in [0, 0.05) is 23.2 Å². The zero-order valence-corrected chi connectivity index (χ0v) is 17.8. The molecule has 0 spiro atoms. The molecule has 0 amide bonds. The number of pyridine rings is 2. The van der Waals surface area contributed by atoms with Crippen LogP contribution in [0.3, 0.4) is 0 Å². The molecule has 0 aliphatic carbocycles. The van der Waals surface area contributed by atoms with Crippen LogP contribution in [0, 0.1) is 0 Å². The monoisotopic (exact) mass is 402 g/mol. The first-order valence-corrected chi connectivity index (χ1v) is 10.2. The average Bonchev–Trinajstić information content (AvgIpc) is 2.86. The van der Waals surface area contributed by atoms with Crippen LogP contribution in [0.5, 0.6) is 0 Å². The van der Waals surface area contributed by atoms with Crippen LogP contribution < -0.4 is 0 Å². The van der Waals surface area contributed by atoms with Crippen LogP contribution in [0.2, 0.25) is 0 Å². The van der Waals surface area contributed by atoms with Gasteiger partial charge < -0.3 is 0 Å². The molecule has 0 aliphatic heterocycles. The van der Waals surface area contributed by atoms with E-state index < -0.39 is 0 Å². The van der Waals surface area contributed by atoms with E-state index in [1.165, 1.54) is 22.3 Å². The Hall–Kier alpha value is -4.04. The van der Waals surface area contributed by atoms with Gasteiger partial charge in [0.2, 0.25) is 0 Å². The van der Waals surface area contributed by atoms with Crippen molar-refractivity contribution in [3.05, 3.63) is 123 Å². The van der Waals surface area contributed by atoms with E-state index in [2.05, 4.69) is 103 Å². The molecule has 2 heteroatoms. The Balaban J connectivity index is 0.000000504. The Morgan fingerprint density at radius 2 is 0.935 bits per heavy atom. The standard InChI is InChI=1S/C24H16N2.C3H6.C2H4/c1-3-7-17(8-4-1)19-13-15-25-23-21(19)11-12-22-20(14-16-26-24(22)23)18-9-5-2-6-10-18;1-3-2;1-2/h1-16H;3H,1H2,2H3;1-2H2. The van der Waals surface area contributed by atoms with Crippen LogP contribution in [0.1, 0.15) is 6.92 Å². The van der Waals surface area contributed by atoms with E-state index in [0.717, 1.165) is 21.8 Å². The van der Waals surface area contributed by atoms with Gasteiger partial charge in [-0.15, -0.1) is 19.7 Å². The summed E-state index contributed by atoms with van der Waals surface area (Å²) in [5.41, 5.74) is 6.65. The molecule has 0 N–H and O–H groups in total. The third-order valence-electron chi connectivity index (χ3n) is 4.79. The normalized spacial score (nSPS) is 9.84. The summed E-state index contributed by atoms with van der Waals surface area (Å²) < 4.78 is 0. The second-order valence-electron chi connectivity index (χ2n) is 6.72. The van der Waals surface area contributed by atoms with Crippen LogP contribution >= 0.6 is 0 Å². The molecule has 5 aromatic rings. The molecule has 0 fully saturated rings. The summed E-state index contributed by atoms with van der Waals surface area (Å²) in [5, 5.41) is 2.26. The number of aromatic nitrogens is 2. The van der Waals surface area contributed by atoms with Gasteiger partial charge in [0.1, 0.15) is 0 Å². The van der Waals surface area contributed by atoms with Crippen molar-refractivity contribution >= 4 is 21.8 Å². The van der Waals surface area contributed by atoms with Gasteiger partial charge in [-0.3, -0.25) is 9.97 Å². The van der Waals surface area contributed by atoms with Gasteiger partial charge in [-0.05, 0) is 41.3 Å². The Labute approximate surface area is 184 Å². The summed E-state index contributed by atoms with van der Waals surface area (Å²) in [6, 6.07) is 29.3. The number of fused-ring (bicyclic) bond motifs is 3. The van der Waals surface area contributed by atoms with Gasteiger partial charge in [0.15, 0.2) is 0 Å².